The molecular weight excluding hydrogens is 491 g/mol. The molecular formula is C24H17ClF3NO4S. The number of Topliss-reactive ketones (excluding diaryl/α,β-unsaturated/α-hetero) is 1. The fourth-order valence-electron chi connectivity index (χ4n) is 3.81. The zero-order valence-electron chi connectivity index (χ0n) is 17.8. The highest BCUT2D eigenvalue weighted by atomic mass is 35.5. The number of anilines is 1. The molecule has 0 saturated carbocycles. The number of rotatable bonds is 4. The number of aliphatic hydroxyl groups is 1. The fourth-order valence-corrected chi connectivity index (χ4v) is 5.10. The van der Waals surface area contributed by atoms with Gasteiger partial charge in [0.15, 0.2) is 0 Å². The van der Waals surface area contributed by atoms with Crippen LogP contribution in [-0.2, 0) is 15.8 Å². The summed E-state index contributed by atoms with van der Waals surface area (Å²) in [7, 11) is 1.42. The van der Waals surface area contributed by atoms with Gasteiger partial charge in [-0.05, 0) is 60.3 Å². The van der Waals surface area contributed by atoms with E-state index in [1.54, 1.807) is 18.4 Å². The van der Waals surface area contributed by atoms with Gasteiger partial charge in [-0.1, -0.05) is 17.7 Å². The first-order valence-corrected chi connectivity index (χ1v) is 11.2. The van der Waals surface area contributed by atoms with Crippen molar-refractivity contribution in [3.8, 4) is 5.75 Å². The predicted molar refractivity (Wildman–Crippen MR) is 123 cm³/mol. The van der Waals surface area contributed by atoms with Crippen molar-refractivity contribution in [1.82, 2.24) is 0 Å². The number of nitrogens with zero attached hydrogens (tertiary/aromatic N) is 1. The zero-order valence-corrected chi connectivity index (χ0v) is 19.4. The van der Waals surface area contributed by atoms with Crippen LogP contribution in [0.2, 0.25) is 5.02 Å². The lowest BCUT2D eigenvalue weighted by Crippen LogP contribution is -2.29. The van der Waals surface area contributed by atoms with Crippen LogP contribution in [0.15, 0.2) is 59.5 Å². The number of thiophene rings is 1. The summed E-state index contributed by atoms with van der Waals surface area (Å²) in [5.74, 6) is -2.21. The lowest BCUT2D eigenvalue weighted by molar-refractivity contribution is -0.137. The van der Waals surface area contributed by atoms with E-state index in [1.807, 2.05) is 0 Å². The smallest absolute Gasteiger partial charge is 0.416 e. The molecule has 1 saturated heterocycles. The van der Waals surface area contributed by atoms with Crippen LogP contribution < -0.4 is 9.64 Å². The monoisotopic (exact) mass is 507 g/mol. The van der Waals surface area contributed by atoms with E-state index in [-0.39, 0.29) is 21.8 Å². The first-order chi connectivity index (χ1) is 16.0. The molecule has 0 bridgehead atoms. The zero-order chi connectivity index (χ0) is 24.8. The number of carbonyl (C=O) groups excluding carboxylic acids is 2. The quantitative estimate of drug-likeness (QED) is 0.253. The van der Waals surface area contributed by atoms with Crippen LogP contribution in [-0.4, -0.2) is 23.9 Å². The maximum atomic E-state index is 13.3. The van der Waals surface area contributed by atoms with Crippen molar-refractivity contribution in [2.75, 3.05) is 12.0 Å². The van der Waals surface area contributed by atoms with Gasteiger partial charge in [0, 0.05) is 16.1 Å². The molecule has 4 rings (SSSR count). The van der Waals surface area contributed by atoms with E-state index in [9.17, 15) is 27.9 Å². The average molecular weight is 508 g/mol. The average Bonchev–Trinajstić information content (AvgIpc) is 3.33. The summed E-state index contributed by atoms with van der Waals surface area (Å²) < 4.78 is 45.1. The summed E-state index contributed by atoms with van der Waals surface area (Å²) in [6, 6.07) is 9.16. The third-order valence-corrected chi connectivity index (χ3v) is 6.84. The molecule has 1 aromatic heterocycles. The molecule has 1 fully saturated rings. The first-order valence-electron chi connectivity index (χ1n) is 9.90. The Morgan fingerprint density at radius 1 is 1.15 bits per heavy atom. The third-order valence-electron chi connectivity index (χ3n) is 5.47. The standard InChI is InChI=1S/C24H17ClF3NO4S/c1-12-8-9-34-22(12)19-18(20(30)13-6-7-17(33-2)16(25)10-13)21(31)23(32)29(19)15-5-3-4-14(11-15)24(26,27)28/h3-11,19,30H,1-2H3/b20-18-. The summed E-state index contributed by atoms with van der Waals surface area (Å²) in [5.41, 5.74) is -0.439. The molecule has 0 aliphatic carbocycles. The number of hydrogen-bond acceptors (Lipinski definition) is 5. The molecule has 1 aliphatic heterocycles. The van der Waals surface area contributed by atoms with Gasteiger partial charge in [-0.25, -0.2) is 0 Å². The second-order valence-electron chi connectivity index (χ2n) is 7.53. The molecule has 1 atom stereocenters. The number of aryl methyl sites for hydroxylation is 1. The molecule has 1 unspecified atom stereocenters. The number of benzene rings is 2. The summed E-state index contributed by atoms with van der Waals surface area (Å²) in [6.07, 6.45) is -4.64. The van der Waals surface area contributed by atoms with Crippen LogP contribution in [0.1, 0.15) is 27.6 Å². The molecule has 176 valence electrons. The van der Waals surface area contributed by atoms with E-state index in [0.717, 1.165) is 17.0 Å². The topological polar surface area (TPSA) is 66.8 Å². The Morgan fingerprint density at radius 2 is 1.88 bits per heavy atom. The number of halogens is 4. The van der Waals surface area contributed by atoms with Crippen LogP contribution in [0.3, 0.4) is 0 Å². The highest BCUT2D eigenvalue weighted by Gasteiger charge is 2.48. The van der Waals surface area contributed by atoms with E-state index >= 15 is 0 Å². The van der Waals surface area contributed by atoms with E-state index < -0.39 is 35.2 Å². The Hall–Kier alpha value is -3.30. The van der Waals surface area contributed by atoms with Gasteiger partial charge in [0.2, 0.25) is 0 Å². The Morgan fingerprint density at radius 3 is 2.47 bits per heavy atom. The van der Waals surface area contributed by atoms with Crippen molar-refractivity contribution in [1.29, 1.82) is 0 Å². The van der Waals surface area contributed by atoms with Crippen molar-refractivity contribution in [2.45, 2.75) is 19.1 Å². The van der Waals surface area contributed by atoms with Gasteiger partial charge in [0.25, 0.3) is 11.7 Å². The number of methoxy groups -OCH3 is 1. The number of hydrogen-bond donors (Lipinski definition) is 1. The van der Waals surface area contributed by atoms with Crippen molar-refractivity contribution in [2.24, 2.45) is 0 Å². The van der Waals surface area contributed by atoms with E-state index in [4.69, 9.17) is 16.3 Å². The van der Waals surface area contributed by atoms with Gasteiger partial charge in [-0.15, -0.1) is 11.3 Å². The van der Waals surface area contributed by atoms with E-state index in [0.29, 0.717) is 16.2 Å². The molecule has 10 heteroatoms. The largest absolute Gasteiger partial charge is 0.507 e. The normalized spacial score (nSPS) is 17.9. The van der Waals surface area contributed by atoms with Gasteiger partial charge in [0.1, 0.15) is 17.6 Å². The van der Waals surface area contributed by atoms with Crippen LogP contribution in [0, 0.1) is 6.92 Å². The second kappa shape index (κ2) is 8.81. The maximum absolute atomic E-state index is 13.3. The summed E-state index contributed by atoms with van der Waals surface area (Å²) in [4.78, 5) is 27.8. The molecule has 1 amide bonds. The van der Waals surface area contributed by atoms with Crippen LogP contribution in [0.4, 0.5) is 18.9 Å². The maximum Gasteiger partial charge on any atom is 0.416 e. The second-order valence-corrected chi connectivity index (χ2v) is 8.89. The highest BCUT2D eigenvalue weighted by Crippen LogP contribution is 2.46. The molecule has 34 heavy (non-hydrogen) atoms. The summed E-state index contributed by atoms with van der Waals surface area (Å²) in [5, 5.41) is 13.0. The Bertz CT molecular complexity index is 1330. The van der Waals surface area contributed by atoms with Gasteiger partial charge in [-0.2, -0.15) is 13.2 Å². The van der Waals surface area contributed by atoms with E-state index in [1.165, 1.54) is 48.8 Å². The number of amides is 1. The SMILES string of the molecule is COc1ccc(/C(O)=C2/C(=O)C(=O)N(c3cccc(C(F)(F)F)c3)C2c2sccc2C)cc1Cl. The molecule has 1 aliphatic rings. The van der Waals surface area contributed by atoms with Crippen molar-refractivity contribution >= 4 is 46.1 Å². The minimum atomic E-state index is -4.64. The summed E-state index contributed by atoms with van der Waals surface area (Å²) >= 11 is 7.39. The van der Waals surface area contributed by atoms with Crippen molar-refractivity contribution in [3.05, 3.63) is 86.1 Å². The van der Waals surface area contributed by atoms with Gasteiger partial charge >= 0.3 is 6.18 Å². The Labute approximate surface area is 201 Å². The van der Waals surface area contributed by atoms with E-state index in [2.05, 4.69) is 0 Å². The number of alkyl halides is 3. The van der Waals surface area contributed by atoms with Gasteiger partial charge in [0.05, 0.1) is 23.3 Å². The fraction of sp³-hybridized carbons (Fsp3) is 0.167. The number of aliphatic hydroxyl groups excluding tert-OH is 1. The molecule has 5 nitrogen and oxygen atoms in total. The number of ether oxygens (including phenoxy) is 1. The van der Waals surface area contributed by atoms with Crippen LogP contribution >= 0.6 is 22.9 Å². The first kappa shape index (κ1) is 23.8. The molecule has 3 aromatic rings. The molecule has 0 radical (unpaired) electrons. The number of ketones is 1. The van der Waals surface area contributed by atoms with Crippen molar-refractivity contribution in [3.63, 3.8) is 0 Å². The van der Waals surface area contributed by atoms with Gasteiger partial charge in [-0.3, -0.25) is 14.5 Å². The predicted octanol–water partition coefficient (Wildman–Crippen LogP) is 6.36. The number of carbonyl (C=O) groups is 2. The third kappa shape index (κ3) is 4.05. The Balaban J connectivity index is 1.94. The molecule has 2 aromatic carbocycles. The minimum Gasteiger partial charge on any atom is -0.507 e. The van der Waals surface area contributed by atoms with Crippen molar-refractivity contribution < 1.29 is 32.6 Å². The minimum absolute atomic E-state index is 0.110. The Kier molecular flexibility index (Phi) is 6.18. The lowest BCUT2D eigenvalue weighted by Gasteiger charge is -2.25. The molecule has 2 heterocycles. The van der Waals surface area contributed by atoms with Crippen LogP contribution in [0.5, 0.6) is 5.75 Å². The summed E-state index contributed by atoms with van der Waals surface area (Å²) in [6.45, 7) is 1.75. The molecule has 0 spiro atoms. The highest BCUT2D eigenvalue weighted by molar-refractivity contribution is 7.10. The van der Waals surface area contributed by atoms with Gasteiger partial charge < -0.3 is 9.84 Å². The molecule has 1 N–H and O–H groups in total. The van der Waals surface area contributed by atoms with Crippen LogP contribution in [0.25, 0.3) is 5.76 Å². The lowest BCUT2D eigenvalue weighted by atomic mass is 9.98.